The van der Waals surface area contributed by atoms with Gasteiger partial charge in [-0.05, 0) is 36.6 Å². The number of halogens is 2. The first-order valence-corrected chi connectivity index (χ1v) is 13.1. The van der Waals surface area contributed by atoms with Gasteiger partial charge in [0.25, 0.3) is 5.91 Å². The van der Waals surface area contributed by atoms with Crippen LogP contribution in [0.1, 0.15) is 27.5 Å². The summed E-state index contributed by atoms with van der Waals surface area (Å²) in [4.78, 5) is 20.6. The highest BCUT2D eigenvalue weighted by atomic mass is 35.5. The van der Waals surface area contributed by atoms with E-state index in [1.807, 2.05) is 37.3 Å². The lowest BCUT2D eigenvalue weighted by atomic mass is 10.1. The van der Waals surface area contributed by atoms with Crippen LogP contribution in [0.3, 0.4) is 0 Å². The Labute approximate surface area is 195 Å². The Balaban J connectivity index is 1.74. The zero-order chi connectivity index (χ0) is 22.2. The summed E-state index contributed by atoms with van der Waals surface area (Å²) in [6, 6.07) is 14.3. The lowest BCUT2D eigenvalue weighted by Crippen LogP contribution is -2.41. The molecule has 9 heteroatoms. The number of aryl methyl sites for hydroxylation is 1. The SMILES string of the molecule is Cc1nc(C(=O)N(Cc2ccc(Cl)cc2Cl)C2CCS(=O)(=O)C2)c(-c2ccccc2)s1. The third-order valence-electron chi connectivity index (χ3n) is 5.24. The summed E-state index contributed by atoms with van der Waals surface area (Å²) in [5.41, 5.74) is 1.94. The van der Waals surface area contributed by atoms with Crippen molar-refractivity contribution in [3.8, 4) is 10.4 Å². The molecular formula is C22H20Cl2N2O3S2. The van der Waals surface area contributed by atoms with Crippen LogP contribution < -0.4 is 0 Å². The van der Waals surface area contributed by atoms with E-state index in [0.29, 0.717) is 27.7 Å². The van der Waals surface area contributed by atoms with Crippen LogP contribution in [0, 0.1) is 6.92 Å². The molecule has 0 aliphatic carbocycles. The van der Waals surface area contributed by atoms with Crippen LogP contribution in [0.5, 0.6) is 0 Å². The van der Waals surface area contributed by atoms with Crippen molar-refractivity contribution < 1.29 is 13.2 Å². The first-order valence-electron chi connectivity index (χ1n) is 9.72. The standard InChI is InChI=1S/C22H20Cl2N2O3S2/c1-14-25-20(21(30-14)15-5-3-2-4-6-15)22(27)26(18-9-10-31(28,29)13-18)12-16-7-8-17(23)11-19(16)24/h2-8,11,18H,9-10,12-13H2,1H3. The second-order valence-corrected chi connectivity index (χ2v) is 11.8. The van der Waals surface area contributed by atoms with Gasteiger partial charge in [-0.2, -0.15) is 0 Å². The minimum absolute atomic E-state index is 0.0618. The Morgan fingerprint density at radius 1 is 1.19 bits per heavy atom. The maximum absolute atomic E-state index is 13.7. The molecule has 1 saturated heterocycles. The van der Waals surface area contributed by atoms with Gasteiger partial charge in [0.2, 0.25) is 0 Å². The summed E-state index contributed by atoms with van der Waals surface area (Å²) in [6.07, 6.45) is 0.392. The molecule has 31 heavy (non-hydrogen) atoms. The molecule has 162 valence electrons. The van der Waals surface area contributed by atoms with Gasteiger partial charge in [-0.1, -0.05) is 59.6 Å². The fraction of sp³-hybridized carbons (Fsp3) is 0.273. The number of rotatable bonds is 5. The van der Waals surface area contributed by atoms with Crippen LogP contribution >= 0.6 is 34.5 Å². The first-order chi connectivity index (χ1) is 14.7. The third kappa shape index (κ3) is 4.95. The Bertz CT molecular complexity index is 1230. The van der Waals surface area contributed by atoms with Crippen molar-refractivity contribution >= 4 is 50.3 Å². The average molecular weight is 495 g/mol. The number of carbonyl (C=O) groups excluding carboxylic acids is 1. The van der Waals surface area contributed by atoms with Crippen molar-refractivity contribution in [1.82, 2.24) is 9.88 Å². The third-order valence-corrected chi connectivity index (χ3v) is 8.60. The smallest absolute Gasteiger partial charge is 0.274 e. The highest BCUT2D eigenvalue weighted by Gasteiger charge is 2.37. The molecule has 5 nitrogen and oxygen atoms in total. The molecule has 0 spiro atoms. The van der Waals surface area contributed by atoms with Gasteiger partial charge in [0.15, 0.2) is 9.84 Å². The molecule has 1 fully saturated rings. The van der Waals surface area contributed by atoms with Crippen molar-refractivity contribution in [3.05, 3.63) is 74.8 Å². The van der Waals surface area contributed by atoms with Crippen molar-refractivity contribution in [2.45, 2.75) is 25.9 Å². The fourth-order valence-electron chi connectivity index (χ4n) is 3.71. The summed E-state index contributed by atoms with van der Waals surface area (Å²) in [5.74, 6) is -0.290. The summed E-state index contributed by atoms with van der Waals surface area (Å²) >= 11 is 13.8. The van der Waals surface area contributed by atoms with Crippen LogP contribution in [0.2, 0.25) is 10.0 Å². The number of carbonyl (C=O) groups is 1. The van der Waals surface area contributed by atoms with Crippen LogP contribution in [0.15, 0.2) is 48.5 Å². The van der Waals surface area contributed by atoms with Crippen molar-refractivity contribution in [3.63, 3.8) is 0 Å². The summed E-state index contributed by atoms with van der Waals surface area (Å²) < 4.78 is 24.3. The normalized spacial score (nSPS) is 17.6. The molecule has 0 N–H and O–H groups in total. The zero-order valence-corrected chi connectivity index (χ0v) is 19.9. The van der Waals surface area contributed by atoms with Gasteiger partial charge in [-0.25, -0.2) is 13.4 Å². The fourth-order valence-corrected chi connectivity index (χ4v) is 6.83. The van der Waals surface area contributed by atoms with Gasteiger partial charge in [0, 0.05) is 22.6 Å². The lowest BCUT2D eigenvalue weighted by Gasteiger charge is -2.28. The molecule has 3 aromatic rings. The highest BCUT2D eigenvalue weighted by Crippen LogP contribution is 2.33. The van der Waals surface area contributed by atoms with Crippen LogP contribution in [-0.2, 0) is 16.4 Å². The van der Waals surface area contributed by atoms with Crippen molar-refractivity contribution in [1.29, 1.82) is 0 Å². The predicted molar refractivity (Wildman–Crippen MR) is 126 cm³/mol. The van der Waals surface area contributed by atoms with Gasteiger partial charge >= 0.3 is 0 Å². The van der Waals surface area contributed by atoms with Gasteiger partial charge in [0.1, 0.15) is 5.69 Å². The minimum atomic E-state index is -3.19. The number of hydrogen-bond donors (Lipinski definition) is 0. The molecule has 1 unspecified atom stereocenters. The van der Waals surface area contributed by atoms with Gasteiger partial charge < -0.3 is 4.90 Å². The Morgan fingerprint density at radius 2 is 1.94 bits per heavy atom. The van der Waals surface area contributed by atoms with E-state index in [1.165, 1.54) is 11.3 Å². The molecule has 0 radical (unpaired) electrons. The number of benzene rings is 2. The molecular weight excluding hydrogens is 475 g/mol. The van der Waals surface area contributed by atoms with E-state index in [9.17, 15) is 13.2 Å². The lowest BCUT2D eigenvalue weighted by molar-refractivity contribution is 0.0676. The Kier molecular flexibility index (Phi) is 6.40. The van der Waals surface area contributed by atoms with Gasteiger partial charge in [0.05, 0.1) is 21.4 Å². The highest BCUT2D eigenvalue weighted by molar-refractivity contribution is 7.91. The maximum atomic E-state index is 13.7. The number of sulfone groups is 1. The van der Waals surface area contributed by atoms with E-state index in [2.05, 4.69) is 4.98 Å². The number of nitrogens with zero attached hydrogens (tertiary/aromatic N) is 2. The molecule has 1 aliphatic rings. The number of hydrogen-bond acceptors (Lipinski definition) is 5. The Hall–Kier alpha value is -1.93. The van der Waals surface area contributed by atoms with E-state index < -0.39 is 15.9 Å². The second-order valence-electron chi connectivity index (χ2n) is 7.50. The first kappa shape index (κ1) is 22.3. The number of thiazole rings is 1. The number of aromatic nitrogens is 1. The van der Waals surface area contributed by atoms with Crippen LogP contribution in [0.25, 0.3) is 10.4 Å². The molecule has 4 rings (SSSR count). The van der Waals surface area contributed by atoms with Crippen molar-refractivity contribution in [2.75, 3.05) is 11.5 Å². The molecule has 1 amide bonds. The average Bonchev–Trinajstić information content (AvgIpc) is 3.29. The van der Waals surface area contributed by atoms with Crippen molar-refractivity contribution in [2.24, 2.45) is 0 Å². The topological polar surface area (TPSA) is 67.3 Å². The van der Waals surface area contributed by atoms with Crippen LogP contribution in [0.4, 0.5) is 0 Å². The van der Waals surface area contributed by atoms with Gasteiger partial charge in [-0.3, -0.25) is 4.79 Å². The van der Waals surface area contributed by atoms with E-state index >= 15 is 0 Å². The minimum Gasteiger partial charge on any atom is -0.329 e. The number of amides is 1. The molecule has 1 atom stereocenters. The predicted octanol–water partition coefficient (Wildman–Crippen LogP) is 5.25. The van der Waals surface area contributed by atoms with E-state index in [-0.39, 0.29) is 24.0 Å². The zero-order valence-electron chi connectivity index (χ0n) is 16.7. The molecule has 2 heterocycles. The summed E-state index contributed by atoms with van der Waals surface area (Å²) in [6.45, 7) is 2.04. The monoisotopic (exact) mass is 494 g/mol. The largest absolute Gasteiger partial charge is 0.329 e. The van der Waals surface area contributed by atoms with E-state index in [4.69, 9.17) is 23.2 Å². The molecule has 0 bridgehead atoms. The van der Waals surface area contributed by atoms with Crippen LogP contribution in [-0.4, -0.2) is 41.8 Å². The van der Waals surface area contributed by atoms with E-state index in [1.54, 1.807) is 23.1 Å². The molecule has 1 aromatic heterocycles. The Morgan fingerprint density at radius 3 is 2.58 bits per heavy atom. The van der Waals surface area contributed by atoms with E-state index in [0.717, 1.165) is 15.4 Å². The summed E-state index contributed by atoms with van der Waals surface area (Å²) in [5, 5.41) is 1.70. The van der Waals surface area contributed by atoms with Gasteiger partial charge in [-0.15, -0.1) is 11.3 Å². The summed E-state index contributed by atoms with van der Waals surface area (Å²) in [7, 11) is -3.19. The molecule has 0 saturated carbocycles. The maximum Gasteiger partial charge on any atom is 0.274 e. The molecule has 2 aromatic carbocycles. The quantitative estimate of drug-likeness (QED) is 0.485. The molecule has 1 aliphatic heterocycles. The second kappa shape index (κ2) is 8.90.